The summed E-state index contributed by atoms with van der Waals surface area (Å²) in [5.74, 6) is 0. The van der Waals surface area contributed by atoms with E-state index >= 15 is 0 Å². The maximum Gasteiger partial charge on any atom is 0.113 e. The van der Waals surface area contributed by atoms with Gasteiger partial charge in [-0.2, -0.15) is 0 Å². The highest BCUT2D eigenvalue weighted by Crippen LogP contribution is 2.35. The predicted molar refractivity (Wildman–Crippen MR) is 143 cm³/mol. The van der Waals surface area contributed by atoms with E-state index in [1.54, 1.807) is 24.3 Å². The molecule has 10 atom stereocenters. The van der Waals surface area contributed by atoms with Crippen LogP contribution in [0, 0.1) is 0 Å². The molecule has 3 aromatic rings. The van der Waals surface area contributed by atoms with Gasteiger partial charge in [-0.15, -0.1) is 0 Å². The van der Waals surface area contributed by atoms with Crippen molar-refractivity contribution in [3.8, 4) is 22.3 Å². The Hall–Kier alpha value is -2.74. The summed E-state index contributed by atoms with van der Waals surface area (Å²) in [5, 5.41) is 79.8. The fourth-order valence-electron chi connectivity index (χ4n) is 5.34. The highest BCUT2D eigenvalue weighted by molar-refractivity contribution is 5.70. The first-order valence-electron chi connectivity index (χ1n) is 13.1. The minimum absolute atomic E-state index is 0.484. The molecule has 10 nitrogen and oxygen atoms in total. The maximum atomic E-state index is 10.4. The van der Waals surface area contributed by atoms with Crippen molar-refractivity contribution < 1.29 is 50.3 Å². The zero-order valence-corrected chi connectivity index (χ0v) is 21.5. The summed E-state index contributed by atoms with van der Waals surface area (Å²) < 4.78 is 11.3. The predicted octanol–water partition coefficient (Wildman–Crippen LogP) is 0.0504. The van der Waals surface area contributed by atoms with E-state index in [2.05, 4.69) is 0 Å². The molecule has 40 heavy (non-hydrogen) atoms. The van der Waals surface area contributed by atoms with Crippen LogP contribution < -0.4 is 0 Å². The molecule has 10 heteroatoms. The number of benzene rings is 3. The van der Waals surface area contributed by atoms with E-state index in [-0.39, 0.29) is 0 Å². The normalized spacial score (nSPS) is 34.5. The van der Waals surface area contributed by atoms with Gasteiger partial charge in [-0.1, -0.05) is 72.8 Å². The van der Waals surface area contributed by atoms with E-state index in [9.17, 15) is 40.9 Å². The molecular formula is C30H34O10. The van der Waals surface area contributed by atoms with Crippen LogP contribution in [0.5, 0.6) is 0 Å². The molecule has 0 aliphatic carbocycles. The van der Waals surface area contributed by atoms with E-state index in [1.807, 2.05) is 48.5 Å². The quantitative estimate of drug-likeness (QED) is 0.207. The second-order valence-corrected chi connectivity index (χ2v) is 10.3. The molecule has 2 saturated heterocycles. The lowest BCUT2D eigenvalue weighted by molar-refractivity contribution is -0.231. The van der Waals surface area contributed by atoms with Gasteiger partial charge in [-0.3, -0.25) is 0 Å². The van der Waals surface area contributed by atoms with Crippen LogP contribution in [0.1, 0.15) is 23.3 Å². The molecule has 2 heterocycles. The van der Waals surface area contributed by atoms with E-state index in [4.69, 9.17) is 9.47 Å². The molecule has 2 fully saturated rings. The summed E-state index contributed by atoms with van der Waals surface area (Å²) in [6.07, 6.45) is -12.1. The van der Waals surface area contributed by atoms with Crippen LogP contribution >= 0.6 is 0 Å². The molecule has 0 amide bonds. The van der Waals surface area contributed by atoms with Crippen molar-refractivity contribution in [2.24, 2.45) is 0 Å². The molecule has 5 rings (SSSR count). The molecule has 3 aromatic carbocycles. The summed E-state index contributed by atoms with van der Waals surface area (Å²) in [5.41, 5.74) is 4.94. The van der Waals surface area contributed by atoms with Crippen LogP contribution in [-0.2, 0) is 9.47 Å². The van der Waals surface area contributed by atoms with Crippen molar-refractivity contribution in [1.29, 1.82) is 0 Å². The first kappa shape index (κ1) is 28.8. The second kappa shape index (κ2) is 12.0. The Morgan fingerprint density at radius 2 is 0.675 bits per heavy atom. The van der Waals surface area contributed by atoms with Crippen LogP contribution in [0.15, 0.2) is 72.8 Å². The third-order valence-corrected chi connectivity index (χ3v) is 7.81. The Morgan fingerprint density at radius 3 is 0.950 bits per heavy atom. The second-order valence-electron chi connectivity index (χ2n) is 10.3. The summed E-state index contributed by atoms with van der Waals surface area (Å²) in [6, 6.07) is 22.4. The van der Waals surface area contributed by atoms with Gasteiger partial charge in [-0.05, 0) is 33.4 Å². The van der Waals surface area contributed by atoms with Crippen molar-refractivity contribution >= 4 is 0 Å². The van der Waals surface area contributed by atoms with E-state index in [0.29, 0.717) is 11.1 Å². The Bertz CT molecular complexity index is 1150. The monoisotopic (exact) mass is 554 g/mol. The number of hydrogen-bond acceptors (Lipinski definition) is 10. The number of hydrogen-bond donors (Lipinski definition) is 8. The molecule has 0 unspecified atom stereocenters. The van der Waals surface area contributed by atoms with Crippen molar-refractivity contribution in [1.82, 2.24) is 0 Å². The Morgan fingerprint density at radius 1 is 0.400 bits per heavy atom. The molecular weight excluding hydrogens is 520 g/mol. The smallest absolute Gasteiger partial charge is 0.113 e. The largest absolute Gasteiger partial charge is 0.394 e. The highest BCUT2D eigenvalue weighted by Gasteiger charge is 2.45. The molecule has 0 radical (unpaired) electrons. The maximum absolute atomic E-state index is 10.4. The van der Waals surface area contributed by atoms with Crippen LogP contribution in [0.4, 0.5) is 0 Å². The average molecular weight is 555 g/mol. The van der Waals surface area contributed by atoms with E-state index in [1.165, 1.54) is 0 Å². The van der Waals surface area contributed by atoms with Gasteiger partial charge in [0.25, 0.3) is 0 Å². The lowest BCUT2D eigenvalue weighted by atomic mass is 9.90. The van der Waals surface area contributed by atoms with Gasteiger partial charge in [0.2, 0.25) is 0 Å². The summed E-state index contributed by atoms with van der Waals surface area (Å²) in [4.78, 5) is 0. The summed E-state index contributed by atoms with van der Waals surface area (Å²) in [7, 11) is 0. The lowest BCUT2D eigenvalue weighted by Gasteiger charge is -2.40. The van der Waals surface area contributed by atoms with Crippen molar-refractivity contribution in [2.75, 3.05) is 13.2 Å². The van der Waals surface area contributed by atoms with Crippen LogP contribution in [0.25, 0.3) is 22.3 Å². The van der Waals surface area contributed by atoms with Gasteiger partial charge < -0.3 is 50.3 Å². The van der Waals surface area contributed by atoms with Gasteiger partial charge in [0.1, 0.15) is 61.0 Å². The molecule has 0 saturated carbocycles. The number of aliphatic hydroxyl groups is 8. The third kappa shape index (κ3) is 5.44. The zero-order chi connectivity index (χ0) is 28.6. The number of ether oxygens (including phenoxy) is 2. The van der Waals surface area contributed by atoms with Gasteiger partial charge in [0, 0.05) is 0 Å². The molecule has 8 N–H and O–H groups in total. The van der Waals surface area contributed by atoms with Crippen molar-refractivity contribution in [3.63, 3.8) is 0 Å². The fraction of sp³-hybridized carbons (Fsp3) is 0.400. The third-order valence-electron chi connectivity index (χ3n) is 7.81. The molecule has 0 bridgehead atoms. The summed E-state index contributed by atoms with van der Waals surface area (Å²) in [6.45, 7) is -0.968. The van der Waals surface area contributed by atoms with Gasteiger partial charge in [-0.25, -0.2) is 0 Å². The van der Waals surface area contributed by atoms with Gasteiger partial charge in [0.15, 0.2) is 0 Å². The zero-order valence-electron chi connectivity index (χ0n) is 21.5. The van der Waals surface area contributed by atoms with Crippen LogP contribution in [-0.4, -0.2) is 103 Å². The fourth-order valence-corrected chi connectivity index (χ4v) is 5.34. The minimum Gasteiger partial charge on any atom is -0.394 e. The van der Waals surface area contributed by atoms with Crippen molar-refractivity contribution in [3.05, 3.63) is 83.9 Å². The summed E-state index contributed by atoms with van der Waals surface area (Å²) >= 11 is 0. The molecule has 0 aromatic heterocycles. The average Bonchev–Trinajstić information content (AvgIpc) is 2.99. The first-order valence-corrected chi connectivity index (χ1v) is 13.1. The lowest BCUT2D eigenvalue weighted by Crippen LogP contribution is -2.55. The molecule has 0 spiro atoms. The first-order chi connectivity index (χ1) is 19.2. The molecule has 2 aliphatic rings. The Balaban J connectivity index is 1.28. The minimum atomic E-state index is -1.44. The standard InChI is InChI=1S/C30H34O10/c31-13-21-23(33)25(35)27(37)29(39-21)19-9-5-17(6-10-19)15-1-2-16(4-3-15)18-7-11-20(12-8-18)30-28(38)26(36)24(34)22(14-32)40-30/h1-12,21-38H,13-14H2/t21-,22-,23-,24-,25+,26+,27+,28+,29-,30-/m1/s1. The van der Waals surface area contributed by atoms with Gasteiger partial charge in [0.05, 0.1) is 13.2 Å². The Labute approximate surface area is 230 Å². The number of rotatable bonds is 6. The SMILES string of the molecule is OC[C@H]1O[C@H](c2ccc(-c3ccc(-c4ccc([C@H]5O[C@H](CO)[C@@H](O)[C@H](O)[C@@H]5O)cc4)cc3)cc2)[C@@H](O)[C@@H](O)[C@@H]1O. The van der Waals surface area contributed by atoms with Crippen LogP contribution in [0.3, 0.4) is 0 Å². The van der Waals surface area contributed by atoms with Crippen molar-refractivity contribution in [2.45, 2.75) is 61.0 Å². The highest BCUT2D eigenvalue weighted by atomic mass is 16.6. The van der Waals surface area contributed by atoms with E-state index in [0.717, 1.165) is 22.3 Å². The van der Waals surface area contributed by atoms with E-state index < -0.39 is 74.3 Å². The molecule has 214 valence electrons. The van der Waals surface area contributed by atoms with Crippen LogP contribution in [0.2, 0.25) is 0 Å². The Kier molecular flexibility index (Phi) is 8.64. The topological polar surface area (TPSA) is 180 Å². The molecule has 2 aliphatic heterocycles. The number of aliphatic hydroxyl groups excluding tert-OH is 8. The van der Waals surface area contributed by atoms with Gasteiger partial charge >= 0.3 is 0 Å².